The van der Waals surface area contributed by atoms with Crippen LogP contribution in [-0.4, -0.2) is 51.0 Å². The van der Waals surface area contributed by atoms with E-state index in [4.69, 9.17) is 52.1 Å². The first-order chi connectivity index (χ1) is 14.4. The van der Waals surface area contributed by atoms with Crippen LogP contribution in [0, 0.1) is 13.8 Å². The molecule has 1 saturated heterocycles. The average molecular weight is 494 g/mol. The minimum Gasteiger partial charge on any atom is -0.398 e. The quantitative estimate of drug-likeness (QED) is 0.299. The van der Waals surface area contributed by atoms with Gasteiger partial charge in [0, 0.05) is 72.4 Å². The van der Waals surface area contributed by atoms with Crippen molar-refractivity contribution in [3.8, 4) is 0 Å². The van der Waals surface area contributed by atoms with Crippen LogP contribution in [0.15, 0.2) is 36.4 Å². The molecule has 0 radical (unpaired) electrons. The van der Waals surface area contributed by atoms with E-state index in [2.05, 4.69) is 28.5 Å². The van der Waals surface area contributed by atoms with Crippen LogP contribution < -0.4 is 21.3 Å². The molecular weight excluding hydrogens is 462 g/mol. The van der Waals surface area contributed by atoms with E-state index in [0.29, 0.717) is 11.8 Å². The van der Waals surface area contributed by atoms with E-state index >= 15 is 0 Å². The first kappa shape index (κ1) is 27.2. The lowest BCUT2D eigenvalue weighted by molar-refractivity contribution is 0.588. The molecule has 1 aliphatic heterocycles. The topological polar surface area (TPSA) is 53.3 Å². The van der Waals surface area contributed by atoms with Crippen LogP contribution in [-0.2, 0) is 0 Å². The lowest BCUT2D eigenvalue weighted by atomic mass is 10.1. The number of hydrogen-bond donors (Lipinski definition) is 3. The highest BCUT2D eigenvalue weighted by atomic mass is 35.5. The van der Waals surface area contributed by atoms with Gasteiger partial charge in [-0.3, -0.25) is 0 Å². The van der Waals surface area contributed by atoms with Crippen molar-refractivity contribution in [3.63, 3.8) is 0 Å². The first-order valence-corrected chi connectivity index (χ1v) is 11.8. The summed E-state index contributed by atoms with van der Waals surface area (Å²) in [5.74, 6) is 1.33. The second kappa shape index (κ2) is 15.9. The Morgan fingerprint density at radius 1 is 0.900 bits per heavy atom. The number of benzene rings is 2. The van der Waals surface area contributed by atoms with Crippen molar-refractivity contribution in [1.82, 2.24) is 10.6 Å². The molecule has 1 heterocycles. The second-order valence-corrected chi connectivity index (χ2v) is 8.27. The molecule has 0 aromatic heterocycles. The van der Waals surface area contributed by atoms with Crippen molar-refractivity contribution in [3.05, 3.63) is 57.6 Å². The number of alkyl halides is 2. The number of hydrogen-bond acceptors (Lipinski definition) is 4. The number of anilines is 2. The van der Waals surface area contributed by atoms with Gasteiger partial charge in [0.15, 0.2) is 0 Å². The summed E-state index contributed by atoms with van der Waals surface area (Å²) in [5.41, 5.74) is 9.71. The Morgan fingerprint density at radius 2 is 1.43 bits per heavy atom. The van der Waals surface area contributed by atoms with Crippen molar-refractivity contribution >= 4 is 57.8 Å². The van der Waals surface area contributed by atoms with Gasteiger partial charge in [-0.2, -0.15) is 0 Å². The smallest absolute Gasteiger partial charge is 0.0455 e. The van der Waals surface area contributed by atoms with Crippen LogP contribution in [0.3, 0.4) is 0 Å². The molecule has 0 spiro atoms. The molecule has 1 aliphatic rings. The number of halogens is 4. The zero-order valence-corrected chi connectivity index (χ0v) is 20.7. The summed E-state index contributed by atoms with van der Waals surface area (Å²) in [7, 11) is 0. The monoisotopic (exact) mass is 492 g/mol. The van der Waals surface area contributed by atoms with Crippen LogP contribution in [0.1, 0.15) is 11.1 Å². The van der Waals surface area contributed by atoms with Crippen molar-refractivity contribution in [2.75, 3.05) is 61.7 Å². The van der Waals surface area contributed by atoms with Gasteiger partial charge in [0.1, 0.15) is 0 Å². The maximum Gasteiger partial charge on any atom is 0.0455 e. The van der Waals surface area contributed by atoms with E-state index in [0.717, 1.165) is 60.6 Å². The molecule has 1 fully saturated rings. The molecule has 3 rings (SSSR count). The summed E-state index contributed by atoms with van der Waals surface area (Å²) < 4.78 is 0. The molecule has 4 N–H and O–H groups in total. The fraction of sp³-hybridized carbons (Fsp3) is 0.455. The van der Waals surface area contributed by atoms with Crippen molar-refractivity contribution < 1.29 is 0 Å². The zero-order chi connectivity index (χ0) is 22.4. The van der Waals surface area contributed by atoms with Crippen molar-refractivity contribution in [2.45, 2.75) is 13.8 Å². The molecule has 0 bridgehead atoms. The summed E-state index contributed by atoms with van der Waals surface area (Å²) in [6.45, 7) is 9.96. The lowest BCUT2D eigenvalue weighted by Gasteiger charge is -2.30. The first-order valence-electron chi connectivity index (χ1n) is 9.96. The van der Waals surface area contributed by atoms with Gasteiger partial charge in [-0.15, -0.1) is 23.2 Å². The highest BCUT2D eigenvalue weighted by Crippen LogP contribution is 2.26. The predicted molar refractivity (Wildman–Crippen MR) is 136 cm³/mol. The largest absolute Gasteiger partial charge is 0.398 e. The molecule has 30 heavy (non-hydrogen) atoms. The summed E-state index contributed by atoms with van der Waals surface area (Å²) in [6.07, 6.45) is 0. The van der Waals surface area contributed by atoms with E-state index in [9.17, 15) is 0 Å². The van der Waals surface area contributed by atoms with Gasteiger partial charge in [-0.25, -0.2) is 0 Å². The second-order valence-electron chi connectivity index (χ2n) is 6.70. The van der Waals surface area contributed by atoms with E-state index in [1.807, 2.05) is 37.3 Å². The molecule has 0 saturated carbocycles. The number of nitrogen functional groups attached to an aromatic ring is 1. The van der Waals surface area contributed by atoms with E-state index in [1.54, 1.807) is 0 Å². The highest BCUT2D eigenvalue weighted by Gasteiger charge is 2.13. The molecule has 0 unspecified atom stereocenters. The van der Waals surface area contributed by atoms with Gasteiger partial charge in [-0.05, 0) is 49.2 Å². The summed E-state index contributed by atoms with van der Waals surface area (Å²) in [6, 6.07) is 11.6. The molecule has 2 aromatic carbocycles. The molecule has 2 aromatic rings. The molecule has 0 atom stereocenters. The third kappa shape index (κ3) is 9.95. The van der Waals surface area contributed by atoms with Crippen LogP contribution in [0.5, 0.6) is 0 Å². The third-order valence-electron chi connectivity index (χ3n) is 4.55. The minimum absolute atomic E-state index is 0.664. The predicted octanol–water partition coefficient (Wildman–Crippen LogP) is 5.34. The summed E-state index contributed by atoms with van der Waals surface area (Å²) in [5, 5.41) is 7.96. The van der Waals surface area contributed by atoms with Gasteiger partial charge in [0.25, 0.3) is 0 Å². The Morgan fingerprint density at radius 3 is 1.93 bits per heavy atom. The number of piperazine rings is 1. The molecular formula is C22H32Cl4N4. The molecule has 0 amide bonds. The Labute approximate surface area is 201 Å². The fourth-order valence-electron chi connectivity index (χ4n) is 2.73. The normalized spacial score (nSPS) is 13.1. The Bertz CT molecular complexity index is 713. The lowest BCUT2D eigenvalue weighted by Crippen LogP contribution is -2.43. The summed E-state index contributed by atoms with van der Waals surface area (Å²) in [4.78, 5) is 2.39. The van der Waals surface area contributed by atoms with Crippen molar-refractivity contribution in [1.29, 1.82) is 0 Å². The van der Waals surface area contributed by atoms with Gasteiger partial charge in [-0.1, -0.05) is 35.3 Å². The highest BCUT2D eigenvalue weighted by molar-refractivity contribution is 6.32. The molecule has 4 nitrogen and oxygen atoms in total. The van der Waals surface area contributed by atoms with E-state index in [-0.39, 0.29) is 0 Å². The maximum atomic E-state index is 6.09. The number of nitrogens with one attached hydrogen (secondary N) is 2. The molecule has 0 aliphatic carbocycles. The molecule has 168 valence electrons. The zero-order valence-electron chi connectivity index (χ0n) is 17.7. The Kier molecular flexibility index (Phi) is 14.3. The van der Waals surface area contributed by atoms with Gasteiger partial charge in [0.05, 0.1) is 0 Å². The fourth-order valence-corrected chi connectivity index (χ4v) is 3.35. The summed E-state index contributed by atoms with van der Waals surface area (Å²) >= 11 is 22.5. The SMILES string of the molecule is Cc1c(Cl)cccc1N1CCNCC1.Cc1c(N)cccc1Cl.ClCCNCCCl. The number of nitrogens with zero attached hydrogens (tertiary/aromatic N) is 1. The standard InChI is InChI=1S/C11H15ClN2.C7H8ClN.C4H9Cl2N/c1-9-10(12)3-2-4-11(9)14-7-5-13-6-8-14;1-5-6(8)3-2-4-7(5)9;5-1-3-7-4-2-6/h2-4,13H,5-8H2,1H3;2-4H,9H2,1H3;7H,1-4H2. The third-order valence-corrected chi connectivity index (χ3v) is 5.75. The van der Waals surface area contributed by atoms with Gasteiger partial charge < -0.3 is 21.3 Å². The average Bonchev–Trinajstić information content (AvgIpc) is 2.76. The maximum absolute atomic E-state index is 6.09. The van der Waals surface area contributed by atoms with Crippen molar-refractivity contribution in [2.24, 2.45) is 0 Å². The minimum atomic E-state index is 0.664. The van der Waals surface area contributed by atoms with Crippen LogP contribution in [0.2, 0.25) is 10.0 Å². The Balaban J connectivity index is 0.000000244. The number of rotatable bonds is 5. The van der Waals surface area contributed by atoms with E-state index in [1.165, 1.54) is 11.3 Å². The Hall–Kier alpha value is -0.880. The number of nitrogens with two attached hydrogens (primary N) is 1. The van der Waals surface area contributed by atoms with Gasteiger partial charge >= 0.3 is 0 Å². The van der Waals surface area contributed by atoms with Crippen LogP contribution in [0.25, 0.3) is 0 Å². The van der Waals surface area contributed by atoms with Gasteiger partial charge in [0.2, 0.25) is 0 Å². The molecule has 8 heteroatoms. The van der Waals surface area contributed by atoms with E-state index < -0.39 is 0 Å². The van der Waals surface area contributed by atoms with Crippen LogP contribution in [0.4, 0.5) is 11.4 Å². The van der Waals surface area contributed by atoms with Crippen LogP contribution >= 0.6 is 46.4 Å².